The highest BCUT2D eigenvalue weighted by atomic mass is 79.9. The molecule has 2 N–H and O–H groups in total. The Morgan fingerprint density at radius 1 is 1.32 bits per heavy atom. The van der Waals surface area contributed by atoms with Crippen LogP contribution in [0.4, 0.5) is 4.79 Å². The Morgan fingerprint density at radius 3 is 2.82 bits per heavy atom. The molecule has 2 rings (SSSR count). The van der Waals surface area contributed by atoms with E-state index in [0.717, 1.165) is 16.2 Å². The van der Waals surface area contributed by atoms with Crippen LogP contribution < -0.4 is 16.2 Å². The lowest BCUT2D eigenvalue weighted by Crippen LogP contribution is -2.40. The molecule has 0 aliphatic carbocycles. The van der Waals surface area contributed by atoms with Crippen LogP contribution in [0.2, 0.25) is 0 Å². The molecule has 1 heterocycles. The largest absolute Gasteiger partial charge is 0.382 e. The van der Waals surface area contributed by atoms with Crippen molar-refractivity contribution in [1.82, 2.24) is 20.2 Å². The van der Waals surface area contributed by atoms with Crippen LogP contribution in [0, 0.1) is 0 Å². The van der Waals surface area contributed by atoms with Crippen LogP contribution in [0.15, 0.2) is 32.6 Å². The second-order valence-corrected chi connectivity index (χ2v) is 7.62. The Morgan fingerprint density at radius 2 is 2.11 bits per heavy atom. The molecule has 0 aliphatic heterocycles. The number of ether oxygens (including phenoxy) is 1. The number of hydrogen-bond donors (Lipinski definition) is 2. The lowest BCUT2D eigenvalue weighted by Gasteiger charge is -2.13. The minimum atomic E-state index is -0.543. The summed E-state index contributed by atoms with van der Waals surface area (Å²) in [5.41, 5.74) is 0.385. The van der Waals surface area contributed by atoms with Gasteiger partial charge < -0.3 is 10.1 Å². The standard InChI is InChI=1S/C18H23BrN4O4S/c1-3-20-17(26)22-15(24)11-28-18-21-14-7-6-12(19)10-13(14)16(25)23(18)8-5-9-27-4-2/h6-7,10H,3-5,8-9,11H2,1-2H3,(H2,20,22,24,26). The summed E-state index contributed by atoms with van der Waals surface area (Å²) in [6.07, 6.45) is 0.646. The molecule has 0 radical (unpaired) electrons. The summed E-state index contributed by atoms with van der Waals surface area (Å²) in [5.74, 6) is -0.487. The molecule has 0 aliphatic rings. The third kappa shape index (κ3) is 6.32. The van der Waals surface area contributed by atoms with Crippen LogP contribution in [0.25, 0.3) is 10.9 Å². The molecule has 0 unspecified atom stereocenters. The van der Waals surface area contributed by atoms with Gasteiger partial charge in [-0.2, -0.15) is 0 Å². The van der Waals surface area contributed by atoms with Crippen molar-refractivity contribution in [1.29, 1.82) is 0 Å². The fourth-order valence-electron chi connectivity index (χ4n) is 2.45. The van der Waals surface area contributed by atoms with Crippen molar-refractivity contribution in [3.05, 3.63) is 33.0 Å². The first kappa shape index (κ1) is 22.4. The van der Waals surface area contributed by atoms with E-state index in [1.165, 1.54) is 0 Å². The molecular formula is C18H23BrN4O4S. The van der Waals surface area contributed by atoms with Crippen molar-refractivity contribution in [3.8, 4) is 0 Å². The minimum absolute atomic E-state index is 0.0307. The van der Waals surface area contributed by atoms with E-state index in [0.29, 0.717) is 48.8 Å². The summed E-state index contributed by atoms with van der Waals surface area (Å²) in [4.78, 5) is 40.9. The molecule has 10 heteroatoms. The van der Waals surface area contributed by atoms with E-state index in [-0.39, 0.29) is 11.3 Å². The average Bonchev–Trinajstić information content (AvgIpc) is 2.66. The van der Waals surface area contributed by atoms with Gasteiger partial charge >= 0.3 is 6.03 Å². The number of rotatable bonds is 9. The molecule has 8 nitrogen and oxygen atoms in total. The zero-order chi connectivity index (χ0) is 20.5. The van der Waals surface area contributed by atoms with E-state index in [1.54, 1.807) is 23.6 Å². The number of carbonyl (C=O) groups is 2. The van der Waals surface area contributed by atoms with Crippen molar-refractivity contribution in [2.45, 2.75) is 32.0 Å². The number of nitrogens with one attached hydrogen (secondary N) is 2. The molecule has 0 saturated heterocycles. The van der Waals surface area contributed by atoms with E-state index >= 15 is 0 Å². The lowest BCUT2D eigenvalue weighted by molar-refractivity contribution is -0.117. The number of benzene rings is 1. The maximum atomic E-state index is 13.0. The quantitative estimate of drug-likeness (QED) is 0.331. The fraction of sp³-hybridized carbons (Fsp3) is 0.444. The number of halogens is 1. The molecule has 0 saturated carbocycles. The predicted octanol–water partition coefficient (Wildman–Crippen LogP) is 2.52. The third-order valence-corrected chi connectivity index (χ3v) is 5.15. The Hall–Kier alpha value is -1.91. The Balaban J connectivity index is 2.23. The molecule has 2 aromatic rings. The van der Waals surface area contributed by atoms with Gasteiger partial charge in [-0.1, -0.05) is 27.7 Å². The zero-order valence-corrected chi connectivity index (χ0v) is 18.2. The maximum Gasteiger partial charge on any atom is 0.321 e. The van der Waals surface area contributed by atoms with Gasteiger partial charge in [0.2, 0.25) is 5.91 Å². The van der Waals surface area contributed by atoms with Gasteiger partial charge in [0, 0.05) is 30.8 Å². The smallest absolute Gasteiger partial charge is 0.321 e. The second-order valence-electron chi connectivity index (χ2n) is 5.76. The number of hydrogen-bond acceptors (Lipinski definition) is 6. The van der Waals surface area contributed by atoms with Gasteiger partial charge in [-0.3, -0.25) is 19.5 Å². The van der Waals surface area contributed by atoms with Crippen LogP contribution in [-0.2, 0) is 16.1 Å². The zero-order valence-electron chi connectivity index (χ0n) is 15.8. The molecule has 0 fully saturated rings. The maximum absolute atomic E-state index is 13.0. The molecular weight excluding hydrogens is 448 g/mol. The Bertz CT molecular complexity index is 903. The molecule has 152 valence electrons. The van der Waals surface area contributed by atoms with Gasteiger partial charge in [0.1, 0.15) is 0 Å². The molecule has 1 aromatic heterocycles. The number of carbonyl (C=O) groups excluding carboxylic acids is 2. The monoisotopic (exact) mass is 470 g/mol. The van der Waals surface area contributed by atoms with Crippen molar-refractivity contribution in [2.24, 2.45) is 0 Å². The first-order chi connectivity index (χ1) is 13.5. The normalized spacial score (nSPS) is 10.8. The van der Waals surface area contributed by atoms with Crippen molar-refractivity contribution < 1.29 is 14.3 Å². The molecule has 0 atom stereocenters. The van der Waals surface area contributed by atoms with E-state index in [1.807, 2.05) is 13.0 Å². The highest BCUT2D eigenvalue weighted by Gasteiger charge is 2.14. The van der Waals surface area contributed by atoms with Crippen molar-refractivity contribution in [2.75, 3.05) is 25.5 Å². The van der Waals surface area contributed by atoms with Gasteiger partial charge in [-0.25, -0.2) is 9.78 Å². The van der Waals surface area contributed by atoms with Crippen LogP contribution in [-0.4, -0.2) is 47.0 Å². The number of amides is 3. The number of thioether (sulfide) groups is 1. The van der Waals surface area contributed by atoms with Gasteiger partial charge in [0.05, 0.1) is 16.7 Å². The summed E-state index contributed by atoms with van der Waals surface area (Å²) >= 11 is 4.50. The SMILES string of the molecule is CCNC(=O)NC(=O)CSc1nc2ccc(Br)cc2c(=O)n1CCCOCC. The molecule has 3 amide bonds. The fourth-order valence-corrected chi connectivity index (χ4v) is 3.63. The Labute approximate surface area is 175 Å². The number of nitrogens with zero attached hydrogens (tertiary/aromatic N) is 2. The minimum Gasteiger partial charge on any atom is -0.382 e. The summed E-state index contributed by atoms with van der Waals surface area (Å²) in [5, 5.41) is 5.67. The molecule has 0 spiro atoms. The first-order valence-corrected chi connectivity index (χ1v) is 10.7. The van der Waals surface area contributed by atoms with Crippen molar-refractivity contribution >= 4 is 50.5 Å². The second kappa shape index (κ2) is 11.2. The lowest BCUT2D eigenvalue weighted by atomic mass is 10.2. The van der Waals surface area contributed by atoms with E-state index in [4.69, 9.17) is 4.74 Å². The highest BCUT2D eigenvalue weighted by Crippen LogP contribution is 2.20. The third-order valence-electron chi connectivity index (χ3n) is 3.68. The van der Waals surface area contributed by atoms with Crippen LogP contribution >= 0.6 is 27.7 Å². The number of imide groups is 1. The van der Waals surface area contributed by atoms with E-state index in [2.05, 4.69) is 31.5 Å². The van der Waals surface area contributed by atoms with Crippen LogP contribution in [0.1, 0.15) is 20.3 Å². The van der Waals surface area contributed by atoms with Gasteiger partial charge in [-0.05, 0) is 38.5 Å². The summed E-state index contributed by atoms with van der Waals surface area (Å²) < 4.78 is 7.69. The summed E-state index contributed by atoms with van der Waals surface area (Å²) in [6.45, 7) is 5.66. The van der Waals surface area contributed by atoms with Gasteiger partial charge in [0.15, 0.2) is 5.16 Å². The van der Waals surface area contributed by atoms with Gasteiger partial charge in [0.25, 0.3) is 5.56 Å². The molecule has 0 bridgehead atoms. The number of fused-ring (bicyclic) bond motifs is 1. The molecule has 1 aromatic carbocycles. The highest BCUT2D eigenvalue weighted by molar-refractivity contribution is 9.10. The topological polar surface area (TPSA) is 102 Å². The van der Waals surface area contributed by atoms with E-state index in [9.17, 15) is 14.4 Å². The van der Waals surface area contributed by atoms with Crippen LogP contribution in [0.3, 0.4) is 0 Å². The number of aromatic nitrogens is 2. The first-order valence-electron chi connectivity index (χ1n) is 8.94. The van der Waals surface area contributed by atoms with Crippen molar-refractivity contribution in [3.63, 3.8) is 0 Å². The van der Waals surface area contributed by atoms with Crippen LogP contribution in [0.5, 0.6) is 0 Å². The molecule has 28 heavy (non-hydrogen) atoms. The predicted molar refractivity (Wildman–Crippen MR) is 113 cm³/mol. The average molecular weight is 471 g/mol. The Kier molecular flexibility index (Phi) is 8.94. The number of urea groups is 1. The summed E-state index contributed by atoms with van der Waals surface area (Å²) in [7, 11) is 0. The van der Waals surface area contributed by atoms with Gasteiger partial charge in [-0.15, -0.1) is 0 Å². The van der Waals surface area contributed by atoms with E-state index < -0.39 is 11.9 Å². The summed E-state index contributed by atoms with van der Waals surface area (Å²) in [6, 6.07) is 4.76.